The van der Waals surface area contributed by atoms with E-state index in [2.05, 4.69) is 29.4 Å². The van der Waals surface area contributed by atoms with Crippen LogP contribution in [0.5, 0.6) is 0 Å². The highest BCUT2D eigenvalue weighted by Gasteiger charge is 2.06. The molecule has 0 atom stereocenters. The van der Waals surface area contributed by atoms with Crippen LogP contribution in [0, 0.1) is 0 Å². The average Bonchev–Trinajstić information content (AvgIpc) is 2.87. The lowest BCUT2D eigenvalue weighted by Crippen LogP contribution is -2.15. The number of hydrogen-bond donors (Lipinski definition) is 2. The van der Waals surface area contributed by atoms with E-state index in [-0.39, 0.29) is 0 Å². The Labute approximate surface area is 109 Å². The Morgan fingerprint density at radius 1 is 1.39 bits per heavy atom. The van der Waals surface area contributed by atoms with Crippen LogP contribution in [0.1, 0.15) is 12.5 Å². The second-order valence-electron chi connectivity index (χ2n) is 3.79. The molecule has 0 bridgehead atoms. The quantitative estimate of drug-likeness (QED) is 0.888. The maximum absolute atomic E-state index is 11.0. The molecule has 2 N–H and O–H groups in total. The van der Waals surface area contributed by atoms with E-state index in [0.29, 0.717) is 5.13 Å². The first-order chi connectivity index (χ1) is 8.72. The molecular weight excluding hydrogens is 248 g/mol. The van der Waals surface area contributed by atoms with Crippen molar-refractivity contribution >= 4 is 22.4 Å². The summed E-state index contributed by atoms with van der Waals surface area (Å²) < 4.78 is 0. The summed E-state index contributed by atoms with van der Waals surface area (Å²) in [7, 11) is 0. The number of aromatic nitrogens is 1. The van der Waals surface area contributed by atoms with Crippen LogP contribution in [-0.4, -0.2) is 22.6 Å². The van der Waals surface area contributed by atoms with E-state index in [4.69, 9.17) is 5.11 Å². The van der Waals surface area contributed by atoms with E-state index in [1.54, 1.807) is 0 Å². The van der Waals surface area contributed by atoms with Gasteiger partial charge in [0.15, 0.2) is 5.13 Å². The molecule has 2 rings (SSSR count). The molecule has 0 saturated carbocycles. The summed E-state index contributed by atoms with van der Waals surface area (Å²) in [5.74, 6) is -0.447. The zero-order valence-electron chi connectivity index (χ0n) is 10.0. The minimum atomic E-state index is -0.528. The van der Waals surface area contributed by atoms with E-state index in [0.717, 1.165) is 17.7 Å². The van der Waals surface area contributed by atoms with E-state index < -0.39 is 12.5 Å². The molecule has 1 aromatic heterocycles. The van der Waals surface area contributed by atoms with E-state index in [1.807, 2.05) is 17.5 Å². The van der Waals surface area contributed by atoms with E-state index in [9.17, 15) is 4.79 Å². The van der Waals surface area contributed by atoms with Gasteiger partial charge in [-0.2, -0.15) is 0 Å². The summed E-state index contributed by atoms with van der Waals surface area (Å²) in [5.41, 5.74) is 3.13. The number of anilines is 1. The molecule has 0 spiro atoms. The van der Waals surface area contributed by atoms with Crippen molar-refractivity contribution in [2.45, 2.75) is 13.3 Å². The summed E-state index contributed by atoms with van der Waals surface area (Å²) in [6, 6.07) is 8.18. The van der Waals surface area contributed by atoms with Crippen molar-refractivity contribution in [2.75, 3.05) is 11.9 Å². The number of nitrogens with zero attached hydrogens (tertiary/aromatic N) is 1. The summed E-state index contributed by atoms with van der Waals surface area (Å²) in [5, 5.41) is 13.6. The SMILES string of the molecule is CCc1ccc(-c2csc(NC(=O)CO)n2)cc1. The van der Waals surface area contributed by atoms with Crippen LogP contribution in [0.4, 0.5) is 5.13 Å². The Morgan fingerprint density at radius 3 is 2.72 bits per heavy atom. The van der Waals surface area contributed by atoms with Crippen molar-refractivity contribution in [1.29, 1.82) is 0 Å². The van der Waals surface area contributed by atoms with Gasteiger partial charge >= 0.3 is 0 Å². The van der Waals surface area contributed by atoms with Crippen molar-refractivity contribution < 1.29 is 9.90 Å². The Hall–Kier alpha value is -1.72. The molecule has 0 unspecified atom stereocenters. The third kappa shape index (κ3) is 2.94. The lowest BCUT2D eigenvalue weighted by molar-refractivity contribution is -0.118. The number of thiazole rings is 1. The molecule has 0 aliphatic rings. The predicted octanol–water partition coefficient (Wildman–Crippen LogP) is 2.30. The fourth-order valence-corrected chi connectivity index (χ4v) is 2.27. The molecule has 0 radical (unpaired) electrons. The molecule has 0 fully saturated rings. The van der Waals surface area contributed by atoms with Gasteiger partial charge < -0.3 is 5.11 Å². The Bertz CT molecular complexity index is 534. The molecule has 18 heavy (non-hydrogen) atoms. The maximum Gasteiger partial charge on any atom is 0.251 e. The second kappa shape index (κ2) is 5.75. The van der Waals surface area contributed by atoms with Crippen LogP contribution in [-0.2, 0) is 11.2 Å². The molecule has 94 valence electrons. The first-order valence-corrected chi connectivity index (χ1v) is 6.56. The summed E-state index contributed by atoms with van der Waals surface area (Å²) >= 11 is 1.34. The van der Waals surface area contributed by atoms with Crippen molar-refractivity contribution in [3.63, 3.8) is 0 Å². The number of carbonyl (C=O) groups excluding carboxylic acids is 1. The van der Waals surface area contributed by atoms with Crippen LogP contribution in [0.15, 0.2) is 29.6 Å². The predicted molar refractivity (Wildman–Crippen MR) is 72.6 cm³/mol. The highest BCUT2D eigenvalue weighted by Crippen LogP contribution is 2.25. The standard InChI is InChI=1S/C13H14N2O2S/c1-2-9-3-5-10(6-4-9)11-8-18-13(14-11)15-12(17)7-16/h3-6,8,16H,2,7H2,1H3,(H,14,15,17). The largest absolute Gasteiger partial charge is 0.387 e. The third-order valence-electron chi connectivity index (χ3n) is 2.55. The van der Waals surface area contributed by atoms with Gasteiger partial charge in [0, 0.05) is 10.9 Å². The number of benzene rings is 1. The van der Waals surface area contributed by atoms with Crippen LogP contribution in [0.25, 0.3) is 11.3 Å². The minimum Gasteiger partial charge on any atom is -0.387 e. The van der Waals surface area contributed by atoms with Gasteiger partial charge in [-0.05, 0) is 12.0 Å². The van der Waals surface area contributed by atoms with E-state index >= 15 is 0 Å². The number of carbonyl (C=O) groups is 1. The number of amides is 1. The minimum absolute atomic E-state index is 0.447. The molecular formula is C13H14N2O2S. The van der Waals surface area contributed by atoms with Gasteiger partial charge in [-0.25, -0.2) is 4.98 Å². The van der Waals surface area contributed by atoms with Crippen molar-refractivity contribution in [3.05, 3.63) is 35.2 Å². The number of aliphatic hydroxyl groups excluding tert-OH is 1. The molecule has 0 saturated heterocycles. The van der Waals surface area contributed by atoms with Gasteiger partial charge in [0.2, 0.25) is 0 Å². The Morgan fingerprint density at radius 2 is 2.11 bits per heavy atom. The zero-order chi connectivity index (χ0) is 13.0. The van der Waals surface area contributed by atoms with Crippen LogP contribution in [0.2, 0.25) is 0 Å². The fourth-order valence-electron chi connectivity index (χ4n) is 1.53. The average molecular weight is 262 g/mol. The Balaban J connectivity index is 2.15. The van der Waals surface area contributed by atoms with Gasteiger partial charge in [0.25, 0.3) is 5.91 Å². The smallest absolute Gasteiger partial charge is 0.251 e. The molecule has 0 aliphatic carbocycles. The summed E-state index contributed by atoms with van der Waals surface area (Å²) in [4.78, 5) is 15.3. The van der Waals surface area contributed by atoms with Crippen LogP contribution >= 0.6 is 11.3 Å². The highest BCUT2D eigenvalue weighted by molar-refractivity contribution is 7.14. The highest BCUT2D eigenvalue weighted by atomic mass is 32.1. The van der Waals surface area contributed by atoms with Crippen molar-refractivity contribution in [3.8, 4) is 11.3 Å². The molecule has 0 aliphatic heterocycles. The van der Waals surface area contributed by atoms with Gasteiger partial charge in [-0.15, -0.1) is 11.3 Å². The normalized spacial score (nSPS) is 10.3. The Kier molecular flexibility index (Phi) is 4.07. The number of hydrogen-bond acceptors (Lipinski definition) is 4. The van der Waals surface area contributed by atoms with Gasteiger partial charge in [0.1, 0.15) is 6.61 Å². The van der Waals surface area contributed by atoms with Gasteiger partial charge in [-0.3, -0.25) is 10.1 Å². The monoisotopic (exact) mass is 262 g/mol. The molecule has 1 heterocycles. The van der Waals surface area contributed by atoms with Crippen molar-refractivity contribution in [1.82, 2.24) is 4.98 Å². The number of aliphatic hydroxyl groups is 1. The fraction of sp³-hybridized carbons (Fsp3) is 0.231. The lowest BCUT2D eigenvalue weighted by Gasteiger charge is -1.99. The molecule has 2 aromatic rings. The third-order valence-corrected chi connectivity index (χ3v) is 3.31. The van der Waals surface area contributed by atoms with Crippen molar-refractivity contribution in [2.24, 2.45) is 0 Å². The van der Waals surface area contributed by atoms with E-state index in [1.165, 1.54) is 16.9 Å². The molecule has 1 aromatic carbocycles. The molecule has 5 heteroatoms. The number of rotatable bonds is 4. The van der Waals surface area contributed by atoms with Gasteiger partial charge in [0.05, 0.1) is 5.69 Å². The van der Waals surface area contributed by atoms with Crippen LogP contribution < -0.4 is 5.32 Å². The van der Waals surface area contributed by atoms with Gasteiger partial charge in [-0.1, -0.05) is 31.2 Å². The lowest BCUT2D eigenvalue weighted by atomic mass is 10.1. The summed E-state index contributed by atoms with van der Waals surface area (Å²) in [6.45, 7) is 1.58. The second-order valence-corrected chi connectivity index (χ2v) is 4.65. The zero-order valence-corrected chi connectivity index (χ0v) is 10.8. The topological polar surface area (TPSA) is 62.2 Å². The van der Waals surface area contributed by atoms with Crippen LogP contribution in [0.3, 0.4) is 0 Å². The first kappa shape index (κ1) is 12.7. The molecule has 4 nitrogen and oxygen atoms in total. The first-order valence-electron chi connectivity index (χ1n) is 5.68. The maximum atomic E-state index is 11.0. The summed E-state index contributed by atoms with van der Waals surface area (Å²) in [6.07, 6.45) is 1.01. The molecule has 1 amide bonds. The number of nitrogens with one attached hydrogen (secondary N) is 1. The number of aryl methyl sites for hydroxylation is 1.